The molecule has 1 saturated carbocycles. The first-order valence-corrected chi connectivity index (χ1v) is 13.7. The van der Waals surface area contributed by atoms with Gasteiger partial charge in [0.15, 0.2) is 0 Å². The lowest BCUT2D eigenvalue weighted by atomic mass is 9.83. The van der Waals surface area contributed by atoms with Gasteiger partial charge in [0.05, 0.1) is 17.3 Å². The molecule has 1 fully saturated rings. The Kier molecular flexibility index (Phi) is 8.77. The fourth-order valence-corrected chi connectivity index (χ4v) is 5.20. The van der Waals surface area contributed by atoms with Crippen molar-refractivity contribution in [2.45, 2.75) is 64.5 Å². The molecule has 2 aromatic rings. The molecule has 40 heavy (non-hydrogen) atoms. The monoisotopic (exact) mass is 553 g/mol. The molecule has 0 bridgehead atoms. The Morgan fingerprint density at radius 3 is 2.58 bits per heavy atom. The Morgan fingerprint density at radius 1 is 1.18 bits per heavy atom. The molecular weight excluding hydrogens is 514 g/mol. The highest BCUT2D eigenvalue weighted by Crippen LogP contribution is 2.30. The fraction of sp³-hybridized carbons (Fsp3) is 0.536. The Bertz CT molecular complexity index is 1320. The zero-order valence-electron chi connectivity index (χ0n) is 23.8. The van der Waals surface area contributed by atoms with Crippen molar-refractivity contribution in [1.29, 1.82) is 0 Å². The van der Waals surface area contributed by atoms with Crippen LogP contribution in [0, 0.1) is 5.92 Å². The van der Waals surface area contributed by atoms with Gasteiger partial charge < -0.3 is 20.3 Å². The van der Waals surface area contributed by atoms with E-state index in [1.54, 1.807) is 39.0 Å². The second-order valence-corrected chi connectivity index (χ2v) is 11.6. The van der Waals surface area contributed by atoms with Crippen molar-refractivity contribution < 1.29 is 23.9 Å². The molecule has 1 aromatic carbocycles. The molecule has 0 radical (unpaired) electrons. The van der Waals surface area contributed by atoms with Gasteiger partial charge in [-0.05, 0) is 65.8 Å². The van der Waals surface area contributed by atoms with E-state index in [0.717, 1.165) is 32.1 Å². The third kappa shape index (κ3) is 6.61. The lowest BCUT2D eigenvalue weighted by Crippen LogP contribution is -2.52. The predicted molar refractivity (Wildman–Crippen MR) is 152 cm³/mol. The summed E-state index contributed by atoms with van der Waals surface area (Å²) in [6.07, 6.45) is 5.27. The normalized spacial score (nSPS) is 16.3. The third-order valence-electron chi connectivity index (χ3n) is 6.99. The van der Waals surface area contributed by atoms with Crippen molar-refractivity contribution >= 4 is 40.9 Å². The fourth-order valence-electron chi connectivity index (χ4n) is 5.20. The maximum atomic E-state index is 13.9. The predicted octanol–water partition coefficient (Wildman–Crippen LogP) is 2.55. The largest absolute Gasteiger partial charge is 0.444 e. The van der Waals surface area contributed by atoms with E-state index in [-0.39, 0.29) is 11.6 Å². The quantitative estimate of drug-likeness (QED) is 0.395. The first-order chi connectivity index (χ1) is 19.0. The van der Waals surface area contributed by atoms with Crippen LogP contribution in [0.25, 0.3) is 10.9 Å². The van der Waals surface area contributed by atoms with Crippen LogP contribution in [0.1, 0.15) is 79.3 Å². The number of amides is 4. The summed E-state index contributed by atoms with van der Waals surface area (Å²) in [5.41, 5.74) is 5.94. The molecule has 0 unspecified atom stereocenters. The first kappa shape index (κ1) is 29.1. The molecule has 2 aliphatic rings. The third-order valence-corrected chi connectivity index (χ3v) is 6.99. The summed E-state index contributed by atoms with van der Waals surface area (Å²) in [6, 6.07) is 4.17. The first-order valence-electron chi connectivity index (χ1n) is 13.7. The van der Waals surface area contributed by atoms with Crippen LogP contribution in [-0.4, -0.2) is 78.4 Å². The number of likely N-dealkylation sites (N-methyl/N-ethyl adjacent to an activating group) is 1. The van der Waals surface area contributed by atoms with Crippen molar-refractivity contribution in [2.75, 3.05) is 32.6 Å². The maximum Gasteiger partial charge on any atom is 0.408 e. The lowest BCUT2D eigenvalue weighted by Gasteiger charge is -2.31. The second kappa shape index (κ2) is 12.1. The Morgan fingerprint density at radius 2 is 1.90 bits per heavy atom. The van der Waals surface area contributed by atoms with Crippen molar-refractivity contribution in [3.8, 4) is 0 Å². The molecule has 1 atom stereocenters. The molecule has 216 valence electrons. The zero-order chi connectivity index (χ0) is 29.0. The van der Waals surface area contributed by atoms with Crippen LogP contribution in [0.15, 0.2) is 23.3 Å². The van der Waals surface area contributed by atoms with E-state index in [0.29, 0.717) is 35.1 Å². The van der Waals surface area contributed by atoms with Crippen molar-refractivity contribution in [3.05, 3.63) is 35.0 Å². The van der Waals surface area contributed by atoms with E-state index >= 15 is 0 Å². The van der Waals surface area contributed by atoms with Crippen molar-refractivity contribution in [1.82, 2.24) is 25.6 Å². The molecule has 1 aromatic heterocycles. The highest BCUT2D eigenvalue weighted by molar-refractivity contribution is 6.19. The molecule has 0 spiro atoms. The van der Waals surface area contributed by atoms with Crippen LogP contribution < -0.4 is 21.5 Å². The van der Waals surface area contributed by atoms with Crippen molar-refractivity contribution in [2.24, 2.45) is 11.0 Å². The molecule has 0 saturated heterocycles. The van der Waals surface area contributed by atoms with Crippen LogP contribution in [0.2, 0.25) is 0 Å². The van der Waals surface area contributed by atoms with Gasteiger partial charge in [-0.3, -0.25) is 19.8 Å². The number of nitrogens with zero attached hydrogens (tertiary/aromatic N) is 3. The average molecular weight is 554 g/mol. The van der Waals surface area contributed by atoms with Gasteiger partial charge in [-0.1, -0.05) is 25.3 Å². The van der Waals surface area contributed by atoms with E-state index in [1.807, 2.05) is 19.0 Å². The zero-order valence-corrected chi connectivity index (χ0v) is 23.8. The summed E-state index contributed by atoms with van der Waals surface area (Å²) < 4.78 is 6.86. The van der Waals surface area contributed by atoms with Gasteiger partial charge in [0.25, 0.3) is 17.7 Å². The summed E-state index contributed by atoms with van der Waals surface area (Å²) in [5, 5.41) is 10.2. The summed E-state index contributed by atoms with van der Waals surface area (Å²) in [6.45, 7) is 6.26. The van der Waals surface area contributed by atoms with Crippen molar-refractivity contribution in [3.63, 3.8) is 0 Å². The van der Waals surface area contributed by atoms with Gasteiger partial charge in [0.1, 0.15) is 17.3 Å². The van der Waals surface area contributed by atoms with Crippen LogP contribution in [0.3, 0.4) is 0 Å². The van der Waals surface area contributed by atoms with Gasteiger partial charge in [0, 0.05) is 24.0 Å². The minimum absolute atomic E-state index is 0.0956. The van der Waals surface area contributed by atoms with Crippen LogP contribution in [-0.2, 0) is 9.53 Å². The number of alkyl carbamates (subject to hydrolysis) is 1. The van der Waals surface area contributed by atoms with Gasteiger partial charge in [-0.2, -0.15) is 5.10 Å². The number of carbonyl (C=O) groups is 4. The van der Waals surface area contributed by atoms with E-state index < -0.39 is 35.5 Å². The van der Waals surface area contributed by atoms with E-state index in [4.69, 9.17) is 4.74 Å². The minimum Gasteiger partial charge on any atom is -0.444 e. The summed E-state index contributed by atoms with van der Waals surface area (Å²) in [5.74, 6) is -1.43. The molecule has 2 heterocycles. The van der Waals surface area contributed by atoms with Gasteiger partial charge in [0.2, 0.25) is 0 Å². The number of nitrogens with one attached hydrogen (secondary N) is 4. The molecule has 4 amide bonds. The number of hydrazone groups is 1. The van der Waals surface area contributed by atoms with E-state index in [9.17, 15) is 19.2 Å². The van der Waals surface area contributed by atoms with E-state index in [1.165, 1.54) is 10.9 Å². The number of hydrogen-bond donors (Lipinski definition) is 4. The Labute approximate surface area is 233 Å². The summed E-state index contributed by atoms with van der Waals surface area (Å²) in [4.78, 5) is 54.9. The molecule has 4 rings (SSSR count). The highest BCUT2D eigenvalue weighted by atomic mass is 16.6. The van der Waals surface area contributed by atoms with Crippen LogP contribution >= 0.6 is 0 Å². The molecule has 1 aliphatic carbocycles. The molecule has 4 N–H and O–H groups in total. The Hall–Kier alpha value is -3.93. The Balaban J connectivity index is 1.75. The average Bonchev–Trinajstić information content (AvgIpc) is 3.09. The molecular formula is C28H39N7O5. The number of aromatic nitrogens is 1. The number of hydrogen-bond acceptors (Lipinski definition) is 7. The van der Waals surface area contributed by atoms with Gasteiger partial charge in [-0.15, -0.1) is 0 Å². The molecule has 12 heteroatoms. The number of ether oxygens (including phenoxy) is 1. The minimum atomic E-state index is -0.881. The second-order valence-electron chi connectivity index (χ2n) is 11.6. The van der Waals surface area contributed by atoms with Crippen LogP contribution in [0.4, 0.5) is 4.79 Å². The number of rotatable bonds is 8. The van der Waals surface area contributed by atoms with E-state index in [2.05, 4.69) is 26.6 Å². The summed E-state index contributed by atoms with van der Waals surface area (Å²) in [7, 11) is 3.80. The summed E-state index contributed by atoms with van der Waals surface area (Å²) >= 11 is 0. The molecule has 12 nitrogen and oxygen atoms in total. The standard InChI is InChI=1S/C28H39N7O5/c1-28(2,3)40-27(39)31-22(17-10-7-6-8-11-17)25(37)33-35-20-13-9-12-18-21(20)19(16-30-32-24(18)36)23(35)26(38)29-14-15-34(4)5/h9,12-13,16-17,22H,6-8,10-11,14-15H2,1-5H3,(H,29,38)(H,31,39)(H,32,36)(H,33,37)/t22-/m1/s1. The topological polar surface area (TPSA) is 146 Å². The van der Waals surface area contributed by atoms with Gasteiger partial charge in [-0.25, -0.2) is 14.9 Å². The lowest BCUT2D eigenvalue weighted by molar-refractivity contribution is -0.120. The smallest absolute Gasteiger partial charge is 0.408 e. The highest BCUT2D eigenvalue weighted by Gasteiger charge is 2.35. The number of carbonyl (C=O) groups excluding carboxylic acids is 4. The molecule has 1 aliphatic heterocycles. The maximum absolute atomic E-state index is 13.9. The number of benzene rings is 1. The van der Waals surface area contributed by atoms with Crippen LogP contribution in [0.5, 0.6) is 0 Å². The SMILES string of the molecule is CN(C)CCNC(=O)c1c2c3c(cccc3n1NC(=O)[C@H](NC(=O)OC(C)(C)C)C1CCCCC1)C(=O)NN=C2. The van der Waals surface area contributed by atoms with Gasteiger partial charge >= 0.3 is 6.09 Å².